The fourth-order valence-corrected chi connectivity index (χ4v) is 4.85. The monoisotopic (exact) mass is 487 g/mol. The van der Waals surface area contributed by atoms with Crippen molar-refractivity contribution in [1.82, 2.24) is 0 Å². The van der Waals surface area contributed by atoms with Crippen LogP contribution in [0.2, 0.25) is 0 Å². The van der Waals surface area contributed by atoms with E-state index >= 15 is 0 Å². The van der Waals surface area contributed by atoms with Crippen molar-refractivity contribution in [2.45, 2.75) is 154 Å². The van der Waals surface area contributed by atoms with Gasteiger partial charge >= 0.3 is 13.4 Å². The van der Waals surface area contributed by atoms with Crippen molar-refractivity contribution in [3.63, 3.8) is 0 Å². The number of carbonyl (C=O) groups excluding carboxylic acids is 2. The summed E-state index contributed by atoms with van der Waals surface area (Å²) in [6.07, 6.45) is 19.3. The Bertz CT molecular complexity index is 543. The molecule has 0 aromatic carbocycles. The van der Waals surface area contributed by atoms with E-state index in [0.717, 1.165) is 38.5 Å². The highest BCUT2D eigenvalue weighted by atomic mass is 31.1. The van der Waals surface area contributed by atoms with Crippen molar-refractivity contribution in [1.29, 1.82) is 0 Å². The number of unbranched alkanes of at least 4 members (excludes halogenated alkanes) is 16. The van der Waals surface area contributed by atoms with Crippen LogP contribution < -0.4 is 10.6 Å². The van der Waals surface area contributed by atoms with Crippen LogP contribution in [0, 0.1) is 0 Å². The minimum absolute atomic E-state index is 0.0747. The molecule has 0 radical (unpaired) electrons. The highest BCUT2D eigenvalue weighted by Crippen LogP contribution is 2.35. The summed E-state index contributed by atoms with van der Waals surface area (Å²) in [5.74, 6) is -1.41. The molecule has 0 aromatic rings. The minimum atomic E-state index is -3.57. The first-order valence-corrected chi connectivity index (χ1v) is 14.7. The lowest BCUT2D eigenvalue weighted by molar-refractivity contribution is -0.183. The summed E-state index contributed by atoms with van der Waals surface area (Å²) in [6, 6.07) is -1.71. The summed E-state index contributed by atoms with van der Waals surface area (Å²) < 4.78 is 11.7. The van der Waals surface area contributed by atoms with E-state index in [1.54, 1.807) is 0 Å². The Morgan fingerprint density at radius 3 is 1.42 bits per heavy atom. The van der Waals surface area contributed by atoms with E-state index in [9.17, 15) is 24.2 Å². The van der Waals surface area contributed by atoms with Gasteiger partial charge in [-0.15, -0.1) is 0 Å². The summed E-state index contributed by atoms with van der Waals surface area (Å²) in [6.45, 7) is 4.38. The molecule has 0 aliphatic heterocycles. The fourth-order valence-electron chi connectivity index (χ4n) is 4.16. The smallest absolute Gasteiger partial charge is 0.355 e. The molecule has 0 amide bonds. The van der Waals surface area contributed by atoms with Crippen molar-refractivity contribution >= 4 is 19.6 Å². The second kappa shape index (κ2) is 20.7. The van der Waals surface area contributed by atoms with E-state index in [-0.39, 0.29) is 12.8 Å². The average molecular weight is 488 g/mol. The standard InChI is InChI=1S/C26H50NO5P/c1-3-5-7-9-11-13-15-17-19-21-23(28)25(27)26(30,33(31)32)24(29)22-20-18-16-14-12-10-8-6-4-2/h25,30H,3-22,27H2,1-2H3. The summed E-state index contributed by atoms with van der Waals surface area (Å²) >= 11 is 0. The SMILES string of the molecule is CCCCCCCCCCCC(=O)C(N)C(O)(C(=O)CCCCCCCCCCC)[P+](=O)[O-]. The van der Waals surface area contributed by atoms with Crippen LogP contribution in [-0.2, 0) is 14.2 Å². The lowest BCUT2D eigenvalue weighted by Crippen LogP contribution is -2.56. The Morgan fingerprint density at radius 2 is 1.06 bits per heavy atom. The molecule has 0 fully saturated rings. The number of aliphatic hydroxyl groups is 1. The van der Waals surface area contributed by atoms with Gasteiger partial charge in [-0.1, -0.05) is 121 Å². The van der Waals surface area contributed by atoms with Crippen LogP contribution in [0.1, 0.15) is 142 Å². The molecular formula is C26H50NO5P. The molecule has 0 aromatic heterocycles. The zero-order valence-electron chi connectivity index (χ0n) is 21.3. The van der Waals surface area contributed by atoms with Crippen molar-refractivity contribution < 1.29 is 24.2 Å². The second-order valence-corrected chi connectivity index (χ2v) is 10.7. The number of hydrogen-bond acceptors (Lipinski definition) is 6. The number of hydrogen-bond donors (Lipinski definition) is 2. The number of nitrogens with two attached hydrogens (primary N) is 1. The maximum Gasteiger partial charge on any atom is 0.355 e. The molecule has 0 saturated carbocycles. The van der Waals surface area contributed by atoms with Crippen LogP contribution >= 0.6 is 8.03 Å². The third-order valence-electron chi connectivity index (χ3n) is 6.50. The summed E-state index contributed by atoms with van der Waals surface area (Å²) in [5.41, 5.74) is 5.81. The molecule has 0 aliphatic carbocycles. The maximum atomic E-state index is 12.5. The molecule has 0 heterocycles. The van der Waals surface area contributed by atoms with Gasteiger partial charge < -0.3 is 15.7 Å². The molecule has 194 valence electrons. The van der Waals surface area contributed by atoms with Gasteiger partial charge in [0.05, 0.1) is 0 Å². The van der Waals surface area contributed by atoms with Gasteiger partial charge in [-0.25, -0.2) is 0 Å². The molecule has 0 bridgehead atoms. The molecule has 6 nitrogen and oxygen atoms in total. The molecule has 3 N–H and O–H groups in total. The van der Waals surface area contributed by atoms with Gasteiger partial charge in [-0.05, 0) is 12.8 Å². The summed E-state index contributed by atoms with van der Waals surface area (Å²) in [5, 5.41) is 7.79. The van der Waals surface area contributed by atoms with Gasteiger partial charge in [0, 0.05) is 12.8 Å². The molecule has 33 heavy (non-hydrogen) atoms. The Kier molecular flexibility index (Phi) is 20.2. The Morgan fingerprint density at radius 1 is 0.727 bits per heavy atom. The largest absolute Gasteiger partial charge is 0.593 e. The average Bonchev–Trinajstić information content (AvgIpc) is 2.80. The predicted octanol–water partition coefficient (Wildman–Crippen LogP) is 6.09. The third kappa shape index (κ3) is 14.3. The lowest BCUT2D eigenvalue weighted by Gasteiger charge is -2.23. The summed E-state index contributed by atoms with van der Waals surface area (Å²) in [7, 11) is -3.57. The number of Topliss-reactive ketones (excluding diaryl/α,β-unsaturated/α-hetero) is 2. The molecule has 3 unspecified atom stereocenters. The maximum absolute atomic E-state index is 12.5. The van der Waals surface area contributed by atoms with Crippen LogP contribution in [0.5, 0.6) is 0 Å². The topological polar surface area (TPSA) is 121 Å². The van der Waals surface area contributed by atoms with Gasteiger partial charge in [0.2, 0.25) is 5.78 Å². The summed E-state index contributed by atoms with van der Waals surface area (Å²) in [4.78, 5) is 36.7. The normalized spacial score (nSPS) is 14.6. The van der Waals surface area contributed by atoms with E-state index in [0.29, 0.717) is 12.8 Å². The zero-order valence-corrected chi connectivity index (χ0v) is 22.2. The van der Waals surface area contributed by atoms with E-state index in [2.05, 4.69) is 13.8 Å². The molecule has 0 saturated heterocycles. The van der Waals surface area contributed by atoms with Crippen molar-refractivity contribution in [3.8, 4) is 0 Å². The van der Waals surface area contributed by atoms with E-state index in [4.69, 9.17) is 5.73 Å². The highest BCUT2D eigenvalue weighted by Gasteiger charge is 2.56. The molecular weight excluding hydrogens is 437 g/mol. The van der Waals surface area contributed by atoms with Gasteiger partial charge in [0.15, 0.2) is 5.78 Å². The van der Waals surface area contributed by atoms with Crippen LogP contribution in [0.3, 0.4) is 0 Å². The van der Waals surface area contributed by atoms with E-state index in [1.165, 1.54) is 64.2 Å². The van der Waals surface area contributed by atoms with Crippen LogP contribution in [-0.4, -0.2) is 28.1 Å². The first-order chi connectivity index (χ1) is 15.8. The molecule has 0 rings (SSSR count). The molecule has 3 atom stereocenters. The van der Waals surface area contributed by atoms with Crippen LogP contribution in [0.15, 0.2) is 0 Å². The third-order valence-corrected chi connectivity index (χ3v) is 7.59. The first-order valence-electron chi connectivity index (χ1n) is 13.5. The predicted molar refractivity (Wildman–Crippen MR) is 134 cm³/mol. The molecule has 0 spiro atoms. The molecule has 0 aliphatic rings. The number of ketones is 2. The second-order valence-electron chi connectivity index (χ2n) is 9.51. The Labute approximate surface area is 203 Å². The Balaban J connectivity index is 4.25. The van der Waals surface area contributed by atoms with Gasteiger partial charge in [0.1, 0.15) is 6.04 Å². The van der Waals surface area contributed by atoms with Crippen molar-refractivity contribution in [3.05, 3.63) is 0 Å². The fraction of sp³-hybridized carbons (Fsp3) is 0.923. The van der Waals surface area contributed by atoms with Crippen molar-refractivity contribution in [2.24, 2.45) is 5.73 Å². The minimum Gasteiger partial charge on any atom is -0.593 e. The van der Waals surface area contributed by atoms with E-state index < -0.39 is 31.0 Å². The zero-order chi connectivity index (χ0) is 25.0. The quantitative estimate of drug-likeness (QED) is 0.126. The van der Waals surface area contributed by atoms with Gasteiger partial charge in [-0.3, -0.25) is 9.59 Å². The van der Waals surface area contributed by atoms with Gasteiger partial charge in [-0.2, -0.15) is 0 Å². The van der Waals surface area contributed by atoms with Crippen molar-refractivity contribution in [2.75, 3.05) is 0 Å². The number of rotatable bonds is 24. The Hall–Kier alpha value is -0.680. The molecule has 7 heteroatoms. The van der Waals surface area contributed by atoms with E-state index in [1.807, 2.05) is 0 Å². The lowest BCUT2D eigenvalue weighted by atomic mass is 9.95. The number of carbonyl (C=O) groups is 2. The highest BCUT2D eigenvalue weighted by molar-refractivity contribution is 7.39. The van der Waals surface area contributed by atoms with Gasteiger partial charge in [0.25, 0.3) is 0 Å². The van der Waals surface area contributed by atoms with Crippen LogP contribution in [0.25, 0.3) is 0 Å². The first kappa shape index (κ1) is 32.3. The van der Waals surface area contributed by atoms with Crippen LogP contribution in [0.4, 0.5) is 0 Å².